The maximum absolute atomic E-state index is 11.9. The fraction of sp³-hybridized carbons (Fsp3) is 0.507. The van der Waals surface area contributed by atoms with Gasteiger partial charge in [-0.2, -0.15) is 0 Å². The molecule has 0 radical (unpaired) electrons. The minimum absolute atomic E-state index is 0.122. The summed E-state index contributed by atoms with van der Waals surface area (Å²) in [5, 5.41) is 12.1. The average Bonchev–Trinajstić information content (AvgIpc) is 0.813. The minimum Gasteiger partial charge on any atom is -0.481 e. The van der Waals surface area contributed by atoms with Crippen molar-refractivity contribution in [2.75, 3.05) is 95.5 Å². The molecule has 27 heteroatoms. The van der Waals surface area contributed by atoms with Crippen LogP contribution in [-0.4, -0.2) is 180 Å². The highest BCUT2D eigenvalue weighted by Crippen LogP contribution is 2.32. The summed E-state index contributed by atoms with van der Waals surface area (Å²) >= 11 is 3.40. The molecular weight excluding hydrogens is 1320 g/mol. The molecule has 8 aromatic rings. The summed E-state index contributed by atoms with van der Waals surface area (Å²) in [6, 6.07) is 23.6. The summed E-state index contributed by atoms with van der Waals surface area (Å²) in [5.74, 6) is 2.37. The van der Waals surface area contributed by atoms with Gasteiger partial charge in [-0.3, -0.25) is 19.9 Å². The summed E-state index contributed by atoms with van der Waals surface area (Å²) in [6.45, 7) is 24.0. The first-order chi connectivity index (χ1) is 46.8. The molecule has 26 nitrogen and oxygen atoms in total. The lowest BCUT2D eigenvalue weighted by molar-refractivity contribution is 0.0484. The van der Waals surface area contributed by atoms with E-state index in [1.165, 1.54) is 0 Å². The van der Waals surface area contributed by atoms with E-state index in [2.05, 4.69) is 91.8 Å². The monoisotopic (exact) mass is 1410 g/mol. The van der Waals surface area contributed by atoms with Crippen LogP contribution in [0.2, 0.25) is 0 Å². The predicted octanol–water partition coefficient (Wildman–Crippen LogP) is 11.5. The highest BCUT2D eigenvalue weighted by Gasteiger charge is 2.28. The van der Waals surface area contributed by atoms with Crippen molar-refractivity contribution in [1.82, 2.24) is 61.1 Å². The number of anilines is 3. The highest BCUT2D eigenvalue weighted by atomic mass is 79.9. The second-order valence-corrected chi connectivity index (χ2v) is 27.8. The van der Waals surface area contributed by atoms with Crippen molar-refractivity contribution in [3.05, 3.63) is 102 Å². The van der Waals surface area contributed by atoms with Gasteiger partial charge in [0.2, 0.25) is 23.5 Å². The summed E-state index contributed by atoms with van der Waals surface area (Å²) in [4.78, 5) is 77.4. The Bertz CT molecular complexity index is 3760. The van der Waals surface area contributed by atoms with E-state index in [0.29, 0.717) is 29.6 Å². The van der Waals surface area contributed by atoms with Gasteiger partial charge in [0.05, 0.1) is 67.6 Å². The topological polar surface area (TPSA) is 303 Å². The molecule has 4 fully saturated rings. The van der Waals surface area contributed by atoms with Gasteiger partial charge in [0.1, 0.15) is 38.9 Å². The second-order valence-electron chi connectivity index (χ2n) is 27.0. The largest absolute Gasteiger partial charge is 0.481 e. The number of methoxy groups -OCH3 is 4. The fourth-order valence-corrected chi connectivity index (χ4v) is 11.6. The molecule has 0 saturated carbocycles. The third kappa shape index (κ3) is 22.8. The van der Waals surface area contributed by atoms with Crippen LogP contribution >= 0.6 is 15.9 Å². The zero-order valence-electron chi connectivity index (χ0n) is 58.8. The molecule has 0 spiro atoms. The number of hydrogen-bond acceptors (Lipinski definition) is 23. The number of fused-ring (bicyclic) bond motifs is 4. The Morgan fingerprint density at radius 3 is 1.00 bits per heavy atom. The molecule has 8 aromatic heterocycles. The molecule has 528 valence electrons. The Kier molecular flexibility index (Phi) is 26.7. The quantitative estimate of drug-likeness (QED) is 0.0795. The number of hydrogen-bond donors (Lipinski definition) is 5. The van der Waals surface area contributed by atoms with Crippen LogP contribution in [0.25, 0.3) is 44.1 Å². The van der Waals surface area contributed by atoms with Crippen LogP contribution in [0.4, 0.5) is 31.4 Å². The Morgan fingerprint density at radius 2 is 0.694 bits per heavy atom. The predicted molar refractivity (Wildman–Crippen MR) is 386 cm³/mol. The lowest BCUT2D eigenvalue weighted by Gasteiger charge is -2.34. The van der Waals surface area contributed by atoms with Crippen molar-refractivity contribution in [2.45, 2.75) is 155 Å². The van der Waals surface area contributed by atoms with Gasteiger partial charge in [-0.1, -0.05) is 0 Å². The van der Waals surface area contributed by atoms with E-state index in [9.17, 15) is 14.4 Å². The van der Waals surface area contributed by atoms with Crippen molar-refractivity contribution in [1.29, 1.82) is 0 Å². The van der Waals surface area contributed by atoms with Crippen molar-refractivity contribution in [3.8, 4) is 23.5 Å². The first-order valence-electron chi connectivity index (χ1n) is 33.3. The molecule has 4 aliphatic heterocycles. The lowest BCUT2D eigenvalue weighted by Crippen LogP contribution is -2.46. The number of halogens is 1. The van der Waals surface area contributed by atoms with Gasteiger partial charge in [-0.05, 0) is 191 Å². The molecule has 4 saturated heterocycles. The smallest absolute Gasteiger partial charge is 0.407 e. The Morgan fingerprint density at radius 1 is 0.418 bits per heavy atom. The molecule has 12 heterocycles. The molecule has 0 aliphatic carbocycles. The van der Waals surface area contributed by atoms with Gasteiger partial charge in [0, 0.05) is 117 Å². The van der Waals surface area contributed by atoms with Gasteiger partial charge in [0.15, 0.2) is 0 Å². The van der Waals surface area contributed by atoms with Crippen LogP contribution < -0.4 is 60.6 Å². The zero-order valence-corrected chi connectivity index (χ0v) is 60.4. The van der Waals surface area contributed by atoms with E-state index in [-0.39, 0.29) is 36.4 Å². The molecule has 0 atom stereocenters. The molecule has 0 aromatic carbocycles. The van der Waals surface area contributed by atoms with Gasteiger partial charge in [-0.15, -0.1) is 0 Å². The van der Waals surface area contributed by atoms with E-state index in [4.69, 9.17) is 38.9 Å². The van der Waals surface area contributed by atoms with E-state index in [1.54, 1.807) is 53.1 Å². The van der Waals surface area contributed by atoms with Gasteiger partial charge < -0.3 is 74.9 Å². The summed E-state index contributed by atoms with van der Waals surface area (Å²) in [7, 11) is 6.44. The van der Waals surface area contributed by atoms with E-state index in [0.717, 1.165) is 169 Å². The SMILES string of the molecule is CC(C)(C)OC(=O)NC1CCNCC1.COc1ccc2nccc(Br)c2n1.COc1ccc2nccc(N3CCC(N)CC3)c2n1.COc1ccc2nccc(N3CCC(NC(=O)OC(C)(C)C)CC3)c2n1.COc1ccc2nccc(N3CCC(NC(=O)OC(C)(C)C)CC3)c2n1. The van der Waals surface area contributed by atoms with Crippen molar-refractivity contribution in [2.24, 2.45) is 5.73 Å². The second kappa shape index (κ2) is 35.0. The standard InChI is InChI=1S/2C19H26N4O3.C14H18N4O.C10H20N2O2.C9H7BrN2O/c2*1-19(2,3)26-18(24)21-13-8-11-23(12-9-13)15-7-10-20-14-5-6-16(25-4)22-17(14)15;1-19-13-3-2-11-14(17-13)12(4-7-16-11)18-8-5-10(15)6-9-18;1-10(2,3)14-9(13)12-8-4-6-11-7-5-8;1-13-8-3-2-7-9(12-8)6(10)4-5-11-7/h2*5-7,10,13H,8-9,11-12H2,1-4H3,(H,21,24);2-4,7,10H,5-6,8-9,15H2,1H3;8,11H,4-7H2,1-3H3,(H,12,13);2-5H,1H3. The van der Waals surface area contributed by atoms with E-state index >= 15 is 0 Å². The minimum atomic E-state index is -0.481. The normalized spacial score (nSPS) is 15.7. The van der Waals surface area contributed by atoms with Gasteiger partial charge in [-0.25, -0.2) is 34.3 Å². The molecule has 3 amide bonds. The van der Waals surface area contributed by atoms with E-state index in [1.807, 2.05) is 135 Å². The molecule has 4 aliphatic rings. The molecule has 98 heavy (non-hydrogen) atoms. The summed E-state index contributed by atoms with van der Waals surface area (Å²) in [5.41, 5.74) is 14.6. The van der Waals surface area contributed by atoms with E-state index < -0.39 is 16.8 Å². The summed E-state index contributed by atoms with van der Waals surface area (Å²) < 4.78 is 37.5. The molecule has 6 N–H and O–H groups in total. The number of pyridine rings is 8. The van der Waals surface area contributed by atoms with Crippen molar-refractivity contribution >= 4 is 95.4 Å². The number of alkyl carbamates (subject to hydrolysis) is 3. The lowest BCUT2D eigenvalue weighted by atomic mass is 10.0. The fourth-order valence-electron chi connectivity index (χ4n) is 11.2. The molecular formula is C71H97BrN16O10. The van der Waals surface area contributed by atoms with Crippen LogP contribution in [0.1, 0.15) is 114 Å². The average molecular weight is 1410 g/mol. The number of nitrogens with zero attached hydrogens (tertiary/aromatic N) is 11. The zero-order chi connectivity index (χ0) is 70.6. The number of piperidine rings is 4. The van der Waals surface area contributed by atoms with Crippen LogP contribution in [0.5, 0.6) is 23.5 Å². The van der Waals surface area contributed by atoms with Gasteiger partial charge in [0.25, 0.3) is 0 Å². The number of nitrogens with two attached hydrogens (primary N) is 1. The highest BCUT2D eigenvalue weighted by molar-refractivity contribution is 9.10. The third-order valence-electron chi connectivity index (χ3n) is 16.0. The van der Waals surface area contributed by atoms with Crippen molar-refractivity contribution in [3.63, 3.8) is 0 Å². The number of ether oxygens (including phenoxy) is 7. The summed E-state index contributed by atoms with van der Waals surface area (Å²) in [6.07, 6.45) is 13.6. The molecule has 0 unspecified atom stereocenters. The first-order valence-corrected chi connectivity index (χ1v) is 34.1. The number of carbonyl (C=O) groups excluding carboxylic acids is 3. The maximum atomic E-state index is 11.9. The van der Waals surface area contributed by atoms with Gasteiger partial charge >= 0.3 is 18.3 Å². The molecule has 0 bridgehead atoms. The Balaban J connectivity index is 0.000000160. The maximum Gasteiger partial charge on any atom is 0.407 e. The number of amides is 3. The third-order valence-corrected chi connectivity index (χ3v) is 16.7. The Hall–Kier alpha value is -8.95. The number of rotatable bonds is 10. The molecule has 12 rings (SSSR count). The van der Waals surface area contributed by atoms with Crippen LogP contribution in [0.3, 0.4) is 0 Å². The van der Waals surface area contributed by atoms with Crippen LogP contribution in [0, 0.1) is 0 Å². The van der Waals surface area contributed by atoms with Crippen molar-refractivity contribution < 1.29 is 47.5 Å². The first kappa shape index (κ1) is 74.8. The number of nitrogens with one attached hydrogen (secondary N) is 4. The Labute approximate surface area is 582 Å². The van der Waals surface area contributed by atoms with Crippen LogP contribution in [-0.2, 0) is 14.2 Å². The number of carbonyl (C=O) groups is 3. The van der Waals surface area contributed by atoms with Crippen LogP contribution in [0.15, 0.2) is 102 Å². The number of aromatic nitrogens is 8.